The van der Waals surface area contributed by atoms with Gasteiger partial charge in [-0.25, -0.2) is 0 Å². The first-order valence-electron chi connectivity index (χ1n) is 5.27. The van der Waals surface area contributed by atoms with Crippen molar-refractivity contribution in [3.8, 4) is 0 Å². The van der Waals surface area contributed by atoms with Crippen LogP contribution in [0.4, 0.5) is 0 Å². The van der Waals surface area contributed by atoms with Crippen molar-refractivity contribution >= 4 is 5.78 Å². The van der Waals surface area contributed by atoms with E-state index in [-0.39, 0.29) is 0 Å². The van der Waals surface area contributed by atoms with Crippen LogP contribution in [0, 0.1) is 0 Å². The predicted octanol–water partition coefficient (Wildman–Crippen LogP) is 0.817. The first kappa shape index (κ1) is 11.4. The second kappa shape index (κ2) is 5.94. The minimum absolute atomic E-state index is 0.343. The van der Waals surface area contributed by atoms with Crippen molar-refractivity contribution in [3.05, 3.63) is 12.2 Å². The van der Waals surface area contributed by atoms with E-state index >= 15 is 0 Å². The Morgan fingerprint density at radius 3 is 2.57 bits per heavy atom. The normalized spacial score (nSPS) is 18.1. The van der Waals surface area contributed by atoms with Crippen molar-refractivity contribution in [1.82, 2.24) is 10.2 Å². The van der Waals surface area contributed by atoms with Crippen molar-refractivity contribution in [3.63, 3.8) is 0 Å². The average Bonchev–Trinajstić information content (AvgIpc) is 2.16. The molecule has 0 bridgehead atoms. The second-order valence-electron chi connectivity index (χ2n) is 4.02. The number of hydrogen-bond acceptors (Lipinski definition) is 3. The van der Waals surface area contributed by atoms with Crippen LogP contribution in [0.2, 0.25) is 0 Å². The lowest BCUT2D eigenvalue weighted by atomic mass is 10.1. The van der Waals surface area contributed by atoms with Crippen LogP contribution in [-0.2, 0) is 4.79 Å². The van der Waals surface area contributed by atoms with E-state index in [1.54, 1.807) is 0 Å². The summed E-state index contributed by atoms with van der Waals surface area (Å²) in [4.78, 5) is 13.7. The van der Waals surface area contributed by atoms with Crippen LogP contribution >= 0.6 is 0 Å². The van der Waals surface area contributed by atoms with Gasteiger partial charge in [0.1, 0.15) is 5.78 Å². The molecule has 0 amide bonds. The van der Waals surface area contributed by atoms with Gasteiger partial charge in [-0.05, 0) is 13.3 Å². The standard InChI is InChI=1S/C11H20N2O/c1-10(2)3-4-11(14)9-13-7-5-12-6-8-13/h12H,1,3-9H2,2H3. The van der Waals surface area contributed by atoms with Crippen LogP contribution in [0.15, 0.2) is 12.2 Å². The summed E-state index contributed by atoms with van der Waals surface area (Å²) in [6.45, 7) is 10.4. The fourth-order valence-electron chi connectivity index (χ4n) is 1.55. The molecular weight excluding hydrogens is 176 g/mol. The highest BCUT2D eigenvalue weighted by Gasteiger charge is 2.12. The van der Waals surface area contributed by atoms with E-state index in [0.717, 1.165) is 38.2 Å². The number of hydrogen-bond donors (Lipinski definition) is 1. The highest BCUT2D eigenvalue weighted by atomic mass is 16.1. The molecule has 1 aliphatic rings. The second-order valence-corrected chi connectivity index (χ2v) is 4.02. The Morgan fingerprint density at radius 2 is 2.00 bits per heavy atom. The Morgan fingerprint density at radius 1 is 1.36 bits per heavy atom. The molecule has 0 aliphatic carbocycles. The maximum atomic E-state index is 11.5. The minimum atomic E-state index is 0.343. The summed E-state index contributed by atoms with van der Waals surface area (Å²) < 4.78 is 0. The molecular formula is C11H20N2O. The van der Waals surface area contributed by atoms with Gasteiger partial charge in [0.05, 0.1) is 6.54 Å². The zero-order valence-corrected chi connectivity index (χ0v) is 9.01. The largest absolute Gasteiger partial charge is 0.314 e. The molecule has 1 heterocycles. The van der Waals surface area contributed by atoms with E-state index in [9.17, 15) is 4.79 Å². The van der Waals surface area contributed by atoms with Crippen molar-refractivity contribution in [2.45, 2.75) is 19.8 Å². The monoisotopic (exact) mass is 196 g/mol. The molecule has 0 radical (unpaired) electrons. The van der Waals surface area contributed by atoms with Crippen LogP contribution in [0.3, 0.4) is 0 Å². The van der Waals surface area contributed by atoms with Crippen molar-refractivity contribution in [2.75, 3.05) is 32.7 Å². The number of Topliss-reactive ketones (excluding diaryl/α,β-unsaturated/α-hetero) is 1. The van der Waals surface area contributed by atoms with Crippen LogP contribution in [0.25, 0.3) is 0 Å². The summed E-state index contributed by atoms with van der Waals surface area (Å²) in [5.74, 6) is 0.343. The van der Waals surface area contributed by atoms with E-state index in [2.05, 4.69) is 16.8 Å². The number of nitrogens with zero attached hydrogens (tertiary/aromatic N) is 1. The summed E-state index contributed by atoms with van der Waals surface area (Å²) in [5.41, 5.74) is 1.10. The smallest absolute Gasteiger partial charge is 0.147 e. The van der Waals surface area contributed by atoms with Gasteiger partial charge in [-0.2, -0.15) is 0 Å². The van der Waals surface area contributed by atoms with E-state index in [4.69, 9.17) is 0 Å². The first-order chi connectivity index (χ1) is 6.68. The van der Waals surface area contributed by atoms with Gasteiger partial charge in [-0.15, -0.1) is 6.58 Å². The van der Waals surface area contributed by atoms with Crippen molar-refractivity contribution < 1.29 is 4.79 Å². The SMILES string of the molecule is C=C(C)CCC(=O)CN1CCNCC1. The minimum Gasteiger partial charge on any atom is -0.314 e. The molecule has 3 heteroatoms. The topological polar surface area (TPSA) is 32.3 Å². The Kier molecular flexibility index (Phi) is 4.84. The third-order valence-corrected chi connectivity index (χ3v) is 2.44. The molecule has 0 aromatic carbocycles. The zero-order chi connectivity index (χ0) is 10.4. The summed E-state index contributed by atoms with van der Waals surface area (Å²) >= 11 is 0. The molecule has 14 heavy (non-hydrogen) atoms. The van der Waals surface area contributed by atoms with Gasteiger partial charge in [-0.3, -0.25) is 9.69 Å². The average molecular weight is 196 g/mol. The number of carbonyl (C=O) groups excluding carboxylic acids is 1. The lowest BCUT2D eigenvalue weighted by Gasteiger charge is -2.26. The summed E-state index contributed by atoms with van der Waals surface area (Å²) in [5, 5.41) is 3.27. The summed E-state index contributed by atoms with van der Waals surface area (Å²) in [7, 11) is 0. The Bertz CT molecular complexity index is 207. The molecule has 0 unspecified atom stereocenters. The van der Waals surface area contributed by atoms with Crippen LogP contribution in [0.5, 0.6) is 0 Å². The molecule has 0 saturated carbocycles. The molecule has 3 nitrogen and oxygen atoms in total. The molecule has 0 aromatic heterocycles. The first-order valence-corrected chi connectivity index (χ1v) is 5.27. The maximum absolute atomic E-state index is 11.5. The third-order valence-electron chi connectivity index (χ3n) is 2.44. The number of nitrogens with one attached hydrogen (secondary N) is 1. The Balaban J connectivity index is 2.15. The van der Waals surface area contributed by atoms with Crippen LogP contribution in [-0.4, -0.2) is 43.4 Å². The van der Waals surface area contributed by atoms with Crippen LogP contribution < -0.4 is 5.32 Å². The van der Waals surface area contributed by atoms with Gasteiger partial charge < -0.3 is 5.32 Å². The maximum Gasteiger partial charge on any atom is 0.147 e. The molecule has 0 spiro atoms. The molecule has 1 saturated heterocycles. The number of allylic oxidation sites excluding steroid dienone is 1. The van der Waals surface area contributed by atoms with Gasteiger partial charge in [0, 0.05) is 32.6 Å². The molecule has 0 atom stereocenters. The lowest BCUT2D eigenvalue weighted by Crippen LogP contribution is -2.45. The number of piperazine rings is 1. The van der Waals surface area contributed by atoms with E-state index < -0.39 is 0 Å². The van der Waals surface area contributed by atoms with Gasteiger partial charge in [0.15, 0.2) is 0 Å². The fourth-order valence-corrected chi connectivity index (χ4v) is 1.55. The van der Waals surface area contributed by atoms with Gasteiger partial charge in [0.25, 0.3) is 0 Å². The van der Waals surface area contributed by atoms with Gasteiger partial charge >= 0.3 is 0 Å². The third kappa shape index (κ3) is 4.53. The molecule has 1 fully saturated rings. The lowest BCUT2D eigenvalue weighted by molar-refractivity contribution is -0.120. The highest BCUT2D eigenvalue weighted by Crippen LogP contribution is 2.02. The van der Waals surface area contributed by atoms with E-state index in [0.29, 0.717) is 18.7 Å². The molecule has 1 N–H and O–H groups in total. The molecule has 1 rings (SSSR count). The summed E-state index contributed by atoms with van der Waals surface area (Å²) in [6, 6.07) is 0. The highest BCUT2D eigenvalue weighted by molar-refractivity contribution is 5.80. The fraction of sp³-hybridized carbons (Fsp3) is 0.727. The molecule has 1 aliphatic heterocycles. The van der Waals surface area contributed by atoms with Gasteiger partial charge in [-0.1, -0.05) is 5.57 Å². The Hall–Kier alpha value is -0.670. The number of carbonyl (C=O) groups is 1. The van der Waals surface area contributed by atoms with Gasteiger partial charge in [0.2, 0.25) is 0 Å². The van der Waals surface area contributed by atoms with Crippen LogP contribution in [0.1, 0.15) is 19.8 Å². The predicted molar refractivity (Wildman–Crippen MR) is 58.4 cm³/mol. The molecule has 80 valence electrons. The van der Waals surface area contributed by atoms with E-state index in [1.165, 1.54) is 0 Å². The van der Waals surface area contributed by atoms with Crippen molar-refractivity contribution in [1.29, 1.82) is 0 Å². The quantitative estimate of drug-likeness (QED) is 0.661. The molecule has 0 aromatic rings. The summed E-state index contributed by atoms with van der Waals surface area (Å²) in [6.07, 6.45) is 1.49. The van der Waals surface area contributed by atoms with Crippen molar-refractivity contribution in [2.24, 2.45) is 0 Å². The van der Waals surface area contributed by atoms with E-state index in [1.807, 2.05) is 6.92 Å². The Labute approximate surface area is 86.2 Å². The number of rotatable bonds is 5. The number of ketones is 1. The zero-order valence-electron chi connectivity index (χ0n) is 9.01.